The van der Waals surface area contributed by atoms with Gasteiger partial charge in [0.25, 0.3) is 0 Å². The molecule has 0 spiro atoms. The average molecular weight is 308 g/mol. The fraction of sp³-hybridized carbons (Fsp3) is 0.200. The number of halogens is 1. The summed E-state index contributed by atoms with van der Waals surface area (Å²) in [6.45, 7) is 0.552. The van der Waals surface area contributed by atoms with Crippen LogP contribution in [-0.4, -0.2) is 18.5 Å². The van der Waals surface area contributed by atoms with Gasteiger partial charge in [0.1, 0.15) is 12.7 Å². The highest BCUT2D eigenvalue weighted by Gasteiger charge is 2.20. The molecule has 0 radical (unpaired) electrons. The van der Waals surface area contributed by atoms with E-state index in [1.807, 2.05) is 36.4 Å². The number of anilines is 1. The standard InChI is InChI=1S/C15H14ClNO2S/c16-12-7-10(17)5-6-15(12)20-9-11-8-18-13-3-1-2-4-14(13)19-11/h1-7,11H,8-9,17H2. The third-order valence-electron chi connectivity index (χ3n) is 2.95. The molecule has 5 heteroatoms. The molecule has 0 amide bonds. The first-order chi connectivity index (χ1) is 9.72. The Morgan fingerprint density at radius 2 is 2.00 bits per heavy atom. The molecular weight excluding hydrogens is 294 g/mol. The molecule has 2 aromatic rings. The third kappa shape index (κ3) is 2.97. The van der Waals surface area contributed by atoms with E-state index < -0.39 is 0 Å². The van der Waals surface area contributed by atoms with Gasteiger partial charge in [0.15, 0.2) is 11.5 Å². The van der Waals surface area contributed by atoms with Crippen LogP contribution < -0.4 is 15.2 Å². The molecule has 0 aliphatic carbocycles. The minimum absolute atomic E-state index is 0.0171. The molecule has 0 saturated carbocycles. The summed E-state index contributed by atoms with van der Waals surface area (Å²) in [4.78, 5) is 1.00. The van der Waals surface area contributed by atoms with Crippen LogP contribution in [0.1, 0.15) is 0 Å². The summed E-state index contributed by atoms with van der Waals surface area (Å²) in [5.74, 6) is 2.38. The van der Waals surface area contributed by atoms with Crippen LogP contribution in [0.25, 0.3) is 0 Å². The maximum atomic E-state index is 6.16. The van der Waals surface area contributed by atoms with E-state index in [4.69, 9.17) is 26.8 Å². The van der Waals surface area contributed by atoms with Gasteiger partial charge in [-0.25, -0.2) is 0 Å². The lowest BCUT2D eigenvalue weighted by molar-refractivity contribution is 0.107. The Morgan fingerprint density at radius 3 is 2.80 bits per heavy atom. The zero-order valence-corrected chi connectivity index (χ0v) is 12.3. The molecular formula is C15H14ClNO2S. The predicted molar refractivity (Wildman–Crippen MR) is 82.9 cm³/mol. The molecule has 0 aromatic heterocycles. The summed E-state index contributed by atoms with van der Waals surface area (Å²) in [5.41, 5.74) is 6.35. The fourth-order valence-electron chi connectivity index (χ4n) is 1.96. The molecule has 1 aliphatic heterocycles. The third-order valence-corrected chi connectivity index (χ3v) is 4.58. The van der Waals surface area contributed by atoms with Gasteiger partial charge in [-0.05, 0) is 30.3 Å². The minimum Gasteiger partial charge on any atom is -0.486 e. The topological polar surface area (TPSA) is 44.5 Å². The molecule has 0 saturated heterocycles. The number of rotatable bonds is 3. The van der Waals surface area contributed by atoms with Gasteiger partial charge >= 0.3 is 0 Å². The second kappa shape index (κ2) is 5.85. The molecule has 2 aromatic carbocycles. The summed E-state index contributed by atoms with van der Waals surface area (Å²) in [6, 6.07) is 13.2. The molecule has 3 nitrogen and oxygen atoms in total. The molecule has 104 valence electrons. The highest BCUT2D eigenvalue weighted by atomic mass is 35.5. The summed E-state index contributed by atoms with van der Waals surface area (Å²) >= 11 is 7.80. The maximum absolute atomic E-state index is 6.16. The molecule has 1 aliphatic rings. The van der Waals surface area contributed by atoms with E-state index in [0.717, 1.165) is 22.1 Å². The van der Waals surface area contributed by atoms with Crippen LogP contribution in [0, 0.1) is 0 Å². The van der Waals surface area contributed by atoms with E-state index in [1.165, 1.54) is 0 Å². The van der Waals surface area contributed by atoms with Crippen LogP contribution in [0.2, 0.25) is 5.02 Å². The van der Waals surface area contributed by atoms with E-state index in [9.17, 15) is 0 Å². The van der Waals surface area contributed by atoms with Gasteiger partial charge < -0.3 is 15.2 Å². The van der Waals surface area contributed by atoms with Crippen molar-refractivity contribution < 1.29 is 9.47 Å². The quantitative estimate of drug-likeness (QED) is 0.691. The second-order valence-electron chi connectivity index (χ2n) is 4.50. The zero-order chi connectivity index (χ0) is 13.9. The highest BCUT2D eigenvalue weighted by molar-refractivity contribution is 7.99. The monoisotopic (exact) mass is 307 g/mol. The van der Waals surface area contributed by atoms with Gasteiger partial charge in [-0.3, -0.25) is 0 Å². The van der Waals surface area contributed by atoms with Crippen LogP contribution in [0.3, 0.4) is 0 Å². The first-order valence-corrected chi connectivity index (χ1v) is 7.65. The summed E-state index contributed by atoms with van der Waals surface area (Å²) in [6.07, 6.45) is 0.0171. The number of nitrogens with two attached hydrogens (primary N) is 1. The van der Waals surface area contributed by atoms with Crippen LogP contribution in [0.15, 0.2) is 47.4 Å². The van der Waals surface area contributed by atoms with E-state index >= 15 is 0 Å². The van der Waals surface area contributed by atoms with Crippen molar-refractivity contribution in [2.24, 2.45) is 0 Å². The number of ether oxygens (including phenoxy) is 2. The van der Waals surface area contributed by atoms with Gasteiger partial charge in [-0.2, -0.15) is 0 Å². The second-order valence-corrected chi connectivity index (χ2v) is 5.97. The lowest BCUT2D eigenvalue weighted by atomic mass is 10.3. The summed E-state index contributed by atoms with van der Waals surface area (Å²) < 4.78 is 11.6. The Balaban J connectivity index is 1.63. The number of benzene rings is 2. The largest absolute Gasteiger partial charge is 0.486 e. The Bertz CT molecular complexity index is 621. The van der Waals surface area contributed by atoms with Gasteiger partial charge in [0.05, 0.1) is 5.02 Å². The van der Waals surface area contributed by atoms with Crippen molar-refractivity contribution in [2.75, 3.05) is 18.1 Å². The van der Waals surface area contributed by atoms with Crippen molar-refractivity contribution in [1.29, 1.82) is 0 Å². The van der Waals surface area contributed by atoms with Crippen LogP contribution in [0.5, 0.6) is 11.5 Å². The maximum Gasteiger partial charge on any atom is 0.161 e. The van der Waals surface area contributed by atoms with Crippen LogP contribution in [-0.2, 0) is 0 Å². The number of hydrogen-bond acceptors (Lipinski definition) is 4. The Morgan fingerprint density at radius 1 is 1.20 bits per heavy atom. The Labute approximate surface area is 127 Å². The molecule has 20 heavy (non-hydrogen) atoms. The fourth-order valence-corrected chi connectivity index (χ4v) is 3.21. The van der Waals surface area contributed by atoms with Gasteiger partial charge in [-0.1, -0.05) is 23.7 Å². The van der Waals surface area contributed by atoms with Gasteiger partial charge in [0.2, 0.25) is 0 Å². The molecule has 3 rings (SSSR count). The van der Waals surface area contributed by atoms with Gasteiger partial charge in [-0.15, -0.1) is 11.8 Å². The van der Waals surface area contributed by atoms with Crippen molar-refractivity contribution >= 4 is 29.1 Å². The van der Waals surface area contributed by atoms with E-state index in [0.29, 0.717) is 17.3 Å². The lowest BCUT2D eigenvalue weighted by Gasteiger charge is -2.26. The number of hydrogen-bond donors (Lipinski definition) is 1. The number of para-hydroxylation sites is 2. The smallest absolute Gasteiger partial charge is 0.161 e. The van der Waals surface area contributed by atoms with Crippen molar-refractivity contribution in [3.8, 4) is 11.5 Å². The van der Waals surface area contributed by atoms with Gasteiger partial charge in [0, 0.05) is 16.3 Å². The molecule has 2 N–H and O–H groups in total. The zero-order valence-electron chi connectivity index (χ0n) is 10.7. The first kappa shape index (κ1) is 13.5. The summed E-state index contributed by atoms with van der Waals surface area (Å²) in [7, 11) is 0. The van der Waals surface area contributed by atoms with Crippen LogP contribution >= 0.6 is 23.4 Å². The van der Waals surface area contributed by atoms with Crippen molar-refractivity contribution in [2.45, 2.75) is 11.0 Å². The summed E-state index contributed by atoms with van der Waals surface area (Å²) in [5, 5.41) is 0.673. The van der Waals surface area contributed by atoms with Crippen molar-refractivity contribution in [3.63, 3.8) is 0 Å². The number of nitrogen functional groups attached to an aromatic ring is 1. The Kier molecular flexibility index (Phi) is 3.94. The first-order valence-electron chi connectivity index (χ1n) is 6.28. The number of fused-ring (bicyclic) bond motifs is 1. The van der Waals surface area contributed by atoms with E-state index in [2.05, 4.69) is 0 Å². The normalized spacial score (nSPS) is 16.9. The van der Waals surface area contributed by atoms with E-state index in [-0.39, 0.29) is 6.10 Å². The van der Waals surface area contributed by atoms with Crippen molar-refractivity contribution in [3.05, 3.63) is 47.5 Å². The average Bonchev–Trinajstić information content (AvgIpc) is 2.46. The van der Waals surface area contributed by atoms with Crippen LogP contribution in [0.4, 0.5) is 5.69 Å². The molecule has 1 atom stereocenters. The predicted octanol–water partition coefficient (Wildman–Crippen LogP) is 3.85. The minimum atomic E-state index is 0.0171. The molecule has 0 bridgehead atoms. The lowest BCUT2D eigenvalue weighted by Crippen LogP contribution is -2.31. The molecule has 0 fully saturated rings. The Hall–Kier alpha value is -1.52. The SMILES string of the molecule is Nc1ccc(SCC2COc3ccccc3O2)c(Cl)c1. The van der Waals surface area contributed by atoms with E-state index in [1.54, 1.807) is 17.8 Å². The molecule has 1 heterocycles. The molecule has 1 unspecified atom stereocenters. The van der Waals surface area contributed by atoms with Crippen molar-refractivity contribution in [1.82, 2.24) is 0 Å². The highest BCUT2D eigenvalue weighted by Crippen LogP contribution is 2.34. The number of thioether (sulfide) groups is 1.